The van der Waals surface area contributed by atoms with E-state index in [1.807, 2.05) is 34.6 Å². The smallest absolute Gasteiger partial charge is 0.330 e. The van der Waals surface area contributed by atoms with E-state index < -0.39 is 11.8 Å². The highest BCUT2D eigenvalue weighted by atomic mass is 19.1. The lowest BCUT2D eigenvalue weighted by Crippen LogP contribution is -2.51. The molecule has 0 spiro atoms. The Labute approximate surface area is 208 Å². The number of carbonyl (C=O) groups excluding carboxylic acids is 2. The van der Waals surface area contributed by atoms with Gasteiger partial charge in [-0.15, -0.1) is 0 Å². The lowest BCUT2D eigenvalue weighted by molar-refractivity contribution is 0.248. The van der Waals surface area contributed by atoms with Crippen molar-refractivity contribution in [3.8, 4) is 0 Å². The predicted octanol–water partition coefficient (Wildman–Crippen LogP) is 4.94. The van der Waals surface area contributed by atoms with E-state index >= 15 is 0 Å². The molecule has 0 unspecified atom stereocenters. The van der Waals surface area contributed by atoms with Gasteiger partial charge in [0, 0.05) is 42.0 Å². The number of anilines is 5. The van der Waals surface area contributed by atoms with Crippen LogP contribution in [0.2, 0.25) is 0 Å². The van der Waals surface area contributed by atoms with Crippen molar-refractivity contribution in [2.75, 3.05) is 32.8 Å². The molecule has 1 aromatic carbocycles. The first-order chi connectivity index (χ1) is 17.0. The molecule has 0 fully saturated rings. The topological polar surface area (TPSA) is 129 Å². The van der Waals surface area contributed by atoms with E-state index in [0.29, 0.717) is 23.1 Å². The van der Waals surface area contributed by atoms with Gasteiger partial charge >= 0.3 is 12.1 Å². The van der Waals surface area contributed by atoms with Gasteiger partial charge in [-0.1, -0.05) is 25.9 Å². The van der Waals surface area contributed by atoms with Crippen LogP contribution in [0.15, 0.2) is 35.0 Å². The van der Waals surface area contributed by atoms with Crippen LogP contribution in [0.3, 0.4) is 0 Å². The van der Waals surface area contributed by atoms with Gasteiger partial charge in [-0.3, -0.25) is 15.1 Å². The zero-order chi connectivity index (χ0) is 26.2. The molecule has 4 rings (SSSR count). The van der Waals surface area contributed by atoms with E-state index in [4.69, 9.17) is 4.52 Å². The highest BCUT2D eigenvalue weighted by Crippen LogP contribution is 2.33. The Bertz CT molecular complexity index is 1300. The summed E-state index contributed by atoms with van der Waals surface area (Å²) in [5.74, 6) is 0.396. The van der Waals surface area contributed by atoms with Crippen molar-refractivity contribution in [3.63, 3.8) is 0 Å². The van der Waals surface area contributed by atoms with Crippen molar-refractivity contribution in [1.29, 1.82) is 0 Å². The normalized spacial score (nSPS) is 13.6. The zero-order valence-electron chi connectivity index (χ0n) is 21.0. The summed E-state index contributed by atoms with van der Waals surface area (Å²) in [6.07, 6.45) is 1.66. The number of rotatable bonds is 5. The van der Waals surface area contributed by atoms with E-state index in [1.54, 1.807) is 24.2 Å². The maximum absolute atomic E-state index is 14.6. The molecule has 3 aromatic rings. The fraction of sp³-hybridized carbons (Fsp3) is 0.375. The van der Waals surface area contributed by atoms with Gasteiger partial charge in [0.1, 0.15) is 11.6 Å². The number of nitrogens with one attached hydrogen (secondary N) is 3. The molecule has 12 heteroatoms. The van der Waals surface area contributed by atoms with Crippen LogP contribution in [0.25, 0.3) is 0 Å². The lowest BCUT2D eigenvalue weighted by Gasteiger charge is -2.38. The molecule has 3 heterocycles. The minimum absolute atomic E-state index is 0.1000. The van der Waals surface area contributed by atoms with Crippen LogP contribution < -0.4 is 25.8 Å². The van der Waals surface area contributed by atoms with Gasteiger partial charge in [0.25, 0.3) is 0 Å². The number of fused-ring (bicyclic) bond motifs is 1. The summed E-state index contributed by atoms with van der Waals surface area (Å²) in [6.45, 7) is 9.82. The summed E-state index contributed by atoms with van der Waals surface area (Å²) in [6, 6.07) is 4.46. The standard InChI is InChI=1S/C24H29FN8O3/c1-13(2)33-20-14(11-27-21(26-6)30-20)12-32(23(33)35)15-7-8-16(25)17(9-15)28-22(34)29-19-10-18(31-36-19)24(3,4)5/h7-11,13H,12H2,1-6H3,(H,26,27,30)(H2,28,29,34). The fourth-order valence-corrected chi connectivity index (χ4v) is 3.69. The van der Waals surface area contributed by atoms with Crippen molar-refractivity contribution in [2.45, 2.75) is 52.6 Å². The predicted molar refractivity (Wildman–Crippen MR) is 135 cm³/mol. The van der Waals surface area contributed by atoms with Gasteiger partial charge in [0.15, 0.2) is 0 Å². The summed E-state index contributed by atoms with van der Waals surface area (Å²) in [5.41, 5.74) is 1.44. The van der Waals surface area contributed by atoms with Gasteiger partial charge in [0.2, 0.25) is 11.8 Å². The Balaban J connectivity index is 1.57. The van der Waals surface area contributed by atoms with Gasteiger partial charge in [-0.25, -0.2) is 19.0 Å². The van der Waals surface area contributed by atoms with E-state index in [-0.39, 0.29) is 35.6 Å². The molecule has 0 bridgehead atoms. The van der Waals surface area contributed by atoms with Crippen molar-refractivity contribution in [2.24, 2.45) is 0 Å². The van der Waals surface area contributed by atoms with Gasteiger partial charge in [-0.2, -0.15) is 4.98 Å². The number of carbonyl (C=O) groups is 2. The van der Waals surface area contributed by atoms with Crippen LogP contribution in [-0.4, -0.2) is 40.3 Å². The molecule has 0 saturated heterocycles. The summed E-state index contributed by atoms with van der Waals surface area (Å²) >= 11 is 0. The van der Waals surface area contributed by atoms with Crippen LogP contribution in [-0.2, 0) is 12.0 Å². The third-order valence-electron chi connectivity index (χ3n) is 5.60. The first-order valence-electron chi connectivity index (χ1n) is 11.5. The molecule has 1 aliphatic rings. The third-order valence-corrected chi connectivity index (χ3v) is 5.60. The van der Waals surface area contributed by atoms with E-state index in [9.17, 15) is 14.0 Å². The number of halogens is 1. The van der Waals surface area contributed by atoms with Crippen LogP contribution in [0.4, 0.5) is 43.0 Å². The molecule has 2 aromatic heterocycles. The number of hydrogen-bond donors (Lipinski definition) is 3. The first-order valence-corrected chi connectivity index (χ1v) is 11.5. The summed E-state index contributed by atoms with van der Waals surface area (Å²) in [4.78, 5) is 37.7. The van der Waals surface area contributed by atoms with Crippen LogP contribution >= 0.6 is 0 Å². The molecule has 0 atom stereocenters. The van der Waals surface area contributed by atoms with Gasteiger partial charge in [-0.05, 0) is 32.0 Å². The molecule has 1 aliphatic heterocycles. The molecule has 190 valence electrons. The van der Waals surface area contributed by atoms with Gasteiger partial charge < -0.3 is 15.2 Å². The highest BCUT2D eigenvalue weighted by molar-refractivity contribution is 6.06. The number of nitrogens with zero attached hydrogens (tertiary/aromatic N) is 5. The van der Waals surface area contributed by atoms with Crippen molar-refractivity contribution in [1.82, 2.24) is 15.1 Å². The zero-order valence-corrected chi connectivity index (χ0v) is 21.0. The Morgan fingerprint density at radius 3 is 2.58 bits per heavy atom. The first kappa shape index (κ1) is 24.9. The molecule has 0 aliphatic carbocycles. The third kappa shape index (κ3) is 4.92. The van der Waals surface area contributed by atoms with Crippen molar-refractivity contribution in [3.05, 3.63) is 47.5 Å². The molecule has 3 N–H and O–H groups in total. The summed E-state index contributed by atoms with van der Waals surface area (Å²) < 4.78 is 19.8. The summed E-state index contributed by atoms with van der Waals surface area (Å²) in [5, 5.41) is 11.8. The second-order valence-electron chi connectivity index (χ2n) is 9.69. The molecule has 0 radical (unpaired) electrons. The second kappa shape index (κ2) is 9.44. The van der Waals surface area contributed by atoms with Gasteiger partial charge in [0.05, 0.1) is 17.9 Å². The number of hydrogen-bond acceptors (Lipinski definition) is 7. The average Bonchev–Trinajstić information content (AvgIpc) is 3.28. The molecule has 0 saturated carbocycles. The Morgan fingerprint density at radius 1 is 1.19 bits per heavy atom. The van der Waals surface area contributed by atoms with E-state index in [0.717, 1.165) is 5.56 Å². The maximum Gasteiger partial charge on any atom is 0.330 e. The largest absolute Gasteiger partial charge is 0.357 e. The number of benzene rings is 1. The molecule has 4 amide bonds. The Hall–Kier alpha value is -4.22. The average molecular weight is 497 g/mol. The molecule has 36 heavy (non-hydrogen) atoms. The minimum atomic E-state index is -0.713. The molecule has 11 nitrogen and oxygen atoms in total. The molecular formula is C24H29FN8O3. The monoisotopic (exact) mass is 496 g/mol. The minimum Gasteiger partial charge on any atom is -0.357 e. The maximum atomic E-state index is 14.6. The Morgan fingerprint density at radius 2 is 1.94 bits per heavy atom. The number of aromatic nitrogens is 3. The summed E-state index contributed by atoms with van der Waals surface area (Å²) in [7, 11) is 1.70. The lowest BCUT2D eigenvalue weighted by atomic mass is 9.92. The van der Waals surface area contributed by atoms with E-state index in [1.165, 1.54) is 23.1 Å². The van der Waals surface area contributed by atoms with Crippen molar-refractivity contribution >= 4 is 41.1 Å². The Kier molecular flexibility index (Phi) is 6.53. The van der Waals surface area contributed by atoms with Crippen LogP contribution in [0.1, 0.15) is 45.9 Å². The van der Waals surface area contributed by atoms with E-state index in [2.05, 4.69) is 31.1 Å². The quantitative estimate of drug-likeness (QED) is 0.456. The number of urea groups is 2. The SMILES string of the molecule is CNc1ncc2c(n1)N(C(C)C)C(=O)N(c1ccc(F)c(NC(=O)Nc3cc(C(C)(C)C)no3)c1)C2. The second-order valence-corrected chi connectivity index (χ2v) is 9.69. The number of amides is 4. The highest BCUT2D eigenvalue weighted by Gasteiger charge is 2.35. The fourth-order valence-electron chi connectivity index (χ4n) is 3.69. The van der Waals surface area contributed by atoms with Crippen LogP contribution in [0.5, 0.6) is 0 Å². The van der Waals surface area contributed by atoms with Crippen LogP contribution in [0, 0.1) is 5.82 Å². The van der Waals surface area contributed by atoms with Crippen molar-refractivity contribution < 1.29 is 18.5 Å². The molecular weight excluding hydrogens is 467 g/mol.